The van der Waals surface area contributed by atoms with E-state index in [-0.39, 0.29) is 93.3 Å². The molecule has 29 heteroatoms. The third-order valence-corrected chi connectivity index (χ3v) is 13.5. The highest BCUT2D eigenvalue weighted by Crippen LogP contribution is 2.16. The molecule has 3 heterocycles. The highest BCUT2D eigenvalue weighted by atomic mass is 16.5. The maximum atomic E-state index is 13.3. The van der Waals surface area contributed by atoms with Crippen molar-refractivity contribution in [1.82, 2.24) is 60.8 Å². The molecular weight excluding hydrogens is 1110 g/mol. The number of ether oxygens (including phenoxy) is 2. The van der Waals surface area contributed by atoms with Crippen LogP contribution in [0, 0.1) is 0 Å². The number of rotatable bonds is 30. The number of hydrogen-bond donors (Lipinski definition) is 11. The third-order valence-electron chi connectivity index (χ3n) is 13.5. The Morgan fingerprint density at radius 1 is 0.635 bits per heavy atom. The zero-order valence-corrected chi connectivity index (χ0v) is 47.0. The van der Waals surface area contributed by atoms with Crippen molar-refractivity contribution in [2.24, 2.45) is 0 Å². The van der Waals surface area contributed by atoms with Gasteiger partial charge in [-0.3, -0.25) is 53.2 Å². The van der Waals surface area contributed by atoms with Crippen molar-refractivity contribution in [3.8, 4) is 11.5 Å². The van der Waals surface area contributed by atoms with Gasteiger partial charge in [0.25, 0.3) is 23.3 Å². The van der Waals surface area contributed by atoms with Crippen molar-refractivity contribution >= 4 is 70.3 Å². The molecule has 85 heavy (non-hydrogen) atoms. The predicted molar refractivity (Wildman–Crippen MR) is 308 cm³/mol. The maximum Gasteiger partial charge on any atom is 0.326 e. The average molecular weight is 1180 g/mol. The van der Waals surface area contributed by atoms with E-state index in [1.807, 2.05) is 16.8 Å². The number of hydrogen-bond acceptors (Lipinski definition) is 20. The van der Waals surface area contributed by atoms with Gasteiger partial charge in [-0.25, -0.2) is 19.6 Å². The van der Waals surface area contributed by atoms with E-state index in [1.165, 1.54) is 18.3 Å². The lowest BCUT2D eigenvalue weighted by Crippen LogP contribution is -2.50. The van der Waals surface area contributed by atoms with Crippen molar-refractivity contribution in [2.45, 2.75) is 50.7 Å². The Balaban J connectivity index is 0.819. The van der Waals surface area contributed by atoms with Crippen LogP contribution in [0.4, 0.5) is 11.6 Å². The molecule has 456 valence electrons. The van der Waals surface area contributed by atoms with Gasteiger partial charge in [0.05, 0.1) is 38.1 Å². The molecule has 29 nitrogen and oxygen atoms in total. The van der Waals surface area contributed by atoms with Crippen molar-refractivity contribution in [3.63, 3.8) is 0 Å². The number of carbonyl (C=O) groups excluding carboxylic acids is 4. The van der Waals surface area contributed by atoms with Crippen LogP contribution in [-0.4, -0.2) is 225 Å². The second kappa shape index (κ2) is 33.1. The van der Waals surface area contributed by atoms with Gasteiger partial charge >= 0.3 is 23.9 Å². The van der Waals surface area contributed by atoms with E-state index in [2.05, 4.69) is 46.5 Å². The quantitative estimate of drug-likeness (QED) is 0.0254. The first-order valence-corrected chi connectivity index (χ1v) is 27.4. The van der Waals surface area contributed by atoms with E-state index in [4.69, 9.17) is 15.2 Å². The molecule has 1 saturated heterocycles. The van der Waals surface area contributed by atoms with Gasteiger partial charge in [-0.15, -0.1) is 0 Å². The Morgan fingerprint density at radius 2 is 1.18 bits per heavy atom. The molecule has 1 aliphatic heterocycles. The molecule has 2 aromatic heterocycles. The van der Waals surface area contributed by atoms with Crippen LogP contribution in [0.25, 0.3) is 11.2 Å². The highest BCUT2D eigenvalue weighted by molar-refractivity contribution is 5.97. The summed E-state index contributed by atoms with van der Waals surface area (Å²) in [6.45, 7) is 2.91. The summed E-state index contributed by atoms with van der Waals surface area (Å²) in [5.74, 6) is -5.53. The summed E-state index contributed by atoms with van der Waals surface area (Å²) in [5.41, 5.74) is 8.02. The van der Waals surface area contributed by atoms with E-state index in [9.17, 15) is 63.6 Å². The third kappa shape index (κ3) is 23.1. The zero-order chi connectivity index (χ0) is 61.3. The minimum atomic E-state index is -1.25. The number of unbranched alkanes of at least 4 members (excludes halogenated alkanes) is 1. The number of fused-ring (bicyclic) bond motifs is 1. The Morgan fingerprint density at radius 3 is 1.74 bits per heavy atom. The van der Waals surface area contributed by atoms with Gasteiger partial charge in [-0.2, -0.15) is 4.98 Å². The number of nitrogen functional groups attached to an aromatic ring is 1. The Kier molecular flexibility index (Phi) is 25.2. The number of H-pyrrole nitrogens is 1. The van der Waals surface area contributed by atoms with Gasteiger partial charge in [0.2, 0.25) is 11.9 Å². The number of aromatic nitrogens is 4. The monoisotopic (exact) mass is 1180 g/mol. The lowest BCUT2D eigenvalue weighted by Gasteiger charge is -2.32. The van der Waals surface area contributed by atoms with Crippen molar-refractivity contribution in [2.75, 3.05) is 116 Å². The van der Waals surface area contributed by atoms with Crippen molar-refractivity contribution in [3.05, 3.63) is 112 Å². The molecule has 0 bridgehead atoms. The summed E-state index contributed by atoms with van der Waals surface area (Å²) >= 11 is 0. The van der Waals surface area contributed by atoms with Crippen LogP contribution >= 0.6 is 0 Å². The Bertz CT molecular complexity index is 3130. The van der Waals surface area contributed by atoms with Crippen molar-refractivity contribution in [1.29, 1.82) is 0 Å². The van der Waals surface area contributed by atoms with Gasteiger partial charge in [0.1, 0.15) is 23.6 Å². The number of carboxylic acids is 4. The SMILES string of the molecule is CN1CCN(CC(=O)O)CCN(CC(=O)O)CCN(CC(=O)N[C@@H](Cc2ccc(OCC(=O)NCCc3ccc(OCC(=O)NCCCC[C@H](NC(=O)c4ccc(NCc5cnc6nc(N)[nH]c(=O)c6n5)cc4)C(=O)O)cc3)cc2)C(=O)O)CC1. The number of anilines is 2. The normalized spacial score (nSPS) is 14.6. The molecule has 1 fully saturated rings. The first-order chi connectivity index (χ1) is 40.7. The number of nitrogens with two attached hydrogens (primary N) is 1. The van der Waals surface area contributed by atoms with Gasteiger partial charge in [-0.05, 0) is 92.4 Å². The van der Waals surface area contributed by atoms with E-state index < -0.39 is 53.3 Å². The summed E-state index contributed by atoms with van der Waals surface area (Å²) in [6, 6.07) is 17.4. The lowest BCUT2D eigenvalue weighted by atomic mass is 10.1. The van der Waals surface area contributed by atoms with Crippen molar-refractivity contribution < 1.29 is 68.3 Å². The summed E-state index contributed by atoms with van der Waals surface area (Å²) in [4.78, 5) is 133. The number of carbonyl (C=O) groups is 8. The minimum Gasteiger partial charge on any atom is -0.484 e. The molecule has 5 aromatic rings. The minimum absolute atomic E-state index is 0.0330. The number of nitrogens with one attached hydrogen (secondary N) is 6. The number of carboxylic acid groups (broad SMARTS) is 4. The Labute approximate surface area is 488 Å². The number of nitrogens with zero attached hydrogens (tertiary/aromatic N) is 7. The van der Waals surface area contributed by atoms with Gasteiger partial charge in [0.15, 0.2) is 24.4 Å². The van der Waals surface area contributed by atoms with Gasteiger partial charge in [0, 0.05) is 83.1 Å². The summed E-state index contributed by atoms with van der Waals surface area (Å²) in [5, 5.41) is 52.4. The standard InChI is InChI=1S/C56H72N14O15/c1-67-20-22-68(24-25-70(33-49(76)77)27-26-69(23-21-67)32-48(74)75)31-45(71)63-44(55(82)83)28-37-7-15-42(16-8-37)85-35-47(73)59-19-17-36-5-13-41(14-6-36)84-34-46(72)58-18-3-2-4-43(54(80)81)64-52(78)38-9-11-39(12-10-38)60-29-40-30-61-51-50(62-40)53(79)66-56(57)65-51/h5-16,30,43-44,60H,2-4,17-29,31-35H2,1H3,(H,58,72)(H,59,73)(H,63,71)(H,64,78)(H,74,75)(H,76,77)(H,80,81)(H,82,83)(H3,57,61,65,66,79)/t43-,44-/m0/s1. The average Bonchev–Trinajstić information content (AvgIpc) is 3.57. The maximum absolute atomic E-state index is 13.3. The lowest BCUT2D eigenvalue weighted by molar-refractivity contribution is -0.142. The predicted octanol–water partition coefficient (Wildman–Crippen LogP) is -0.674. The summed E-state index contributed by atoms with van der Waals surface area (Å²) in [7, 11) is 1.88. The molecular formula is C56H72N14O15. The second-order valence-electron chi connectivity index (χ2n) is 20.2. The largest absolute Gasteiger partial charge is 0.484 e. The molecule has 4 amide bonds. The number of benzene rings is 3. The summed E-state index contributed by atoms with van der Waals surface area (Å²) < 4.78 is 11.3. The van der Waals surface area contributed by atoms with Crippen LogP contribution in [0.3, 0.4) is 0 Å². The van der Waals surface area contributed by atoms with Crippen LogP contribution in [0.2, 0.25) is 0 Å². The van der Waals surface area contributed by atoms with E-state index in [0.29, 0.717) is 107 Å². The topological polar surface area (TPSA) is 407 Å². The van der Waals surface area contributed by atoms with Crippen LogP contribution in [-0.2, 0) is 52.9 Å². The Hall–Kier alpha value is -9.32. The molecule has 0 spiro atoms. The second-order valence-corrected chi connectivity index (χ2v) is 20.2. The molecule has 0 unspecified atom stereocenters. The van der Waals surface area contributed by atoms with Crippen LogP contribution in [0.5, 0.6) is 11.5 Å². The molecule has 12 N–H and O–H groups in total. The van der Waals surface area contributed by atoms with Crippen LogP contribution in [0.1, 0.15) is 46.4 Å². The molecule has 1 aliphatic rings. The van der Waals surface area contributed by atoms with Crippen LogP contribution < -0.4 is 47.4 Å². The molecule has 6 rings (SSSR count). The number of likely N-dealkylation sites (N-methyl/N-ethyl adjacent to an activating group) is 1. The molecule has 3 aromatic carbocycles. The number of aliphatic carboxylic acids is 4. The molecule has 0 saturated carbocycles. The van der Waals surface area contributed by atoms with E-state index in [1.54, 1.807) is 70.5 Å². The molecule has 0 aliphatic carbocycles. The number of amides is 4. The van der Waals surface area contributed by atoms with Gasteiger partial charge < -0.3 is 67.1 Å². The first kappa shape index (κ1) is 64.8. The fraction of sp³-hybridized carbons (Fsp3) is 0.429. The zero-order valence-electron chi connectivity index (χ0n) is 47.0. The van der Waals surface area contributed by atoms with E-state index >= 15 is 0 Å². The van der Waals surface area contributed by atoms with E-state index in [0.717, 1.165) is 5.56 Å². The van der Waals surface area contributed by atoms with Gasteiger partial charge in [-0.1, -0.05) is 24.3 Å². The highest BCUT2D eigenvalue weighted by Gasteiger charge is 2.25. The molecule has 0 radical (unpaired) electrons. The smallest absolute Gasteiger partial charge is 0.326 e. The fourth-order valence-electron chi connectivity index (χ4n) is 8.78. The fourth-order valence-corrected chi connectivity index (χ4v) is 8.78. The summed E-state index contributed by atoms with van der Waals surface area (Å²) in [6.07, 6.45) is 2.88. The van der Waals surface area contributed by atoms with Crippen LogP contribution in [0.15, 0.2) is 83.8 Å². The first-order valence-electron chi connectivity index (χ1n) is 27.4. The molecule has 2 atom stereocenters. The number of aromatic amines is 1.